The molecule has 19 heavy (non-hydrogen) atoms. The number of carbonyl (C=O) groups is 1. The Kier molecular flexibility index (Phi) is 4.74. The molecule has 0 spiro atoms. The van der Waals surface area contributed by atoms with Crippen LogP contribution >= 0.6 is 0 Å². The van der Waals surface area contributed by atoms with E-state index in [0.717, 1.165) is 25.9 Å². The summed E-state index contributed by atoms with van der Waals surface area (Å²) < 4.78 is 10.7. The van der Waals surface area contributed by atoms with Gasteiger partial charge in [-0.25, -0.2) is 9.78 Å². The van der Waals surface area contributed by atoms with Crippen molar-refractivity contribution in [2.45, 2.75) is 25.9 Å². The number of pyridine rings is 1. The number of aromatic nitrogens is 1. The van der Waals surface area contributed by atoms with Crippen molar-refractivity contribution >= 4 is 5.97 Å². The van der Waals surface area contributed by atoms with Gasteiger partial charge in [-0.2, -0.15) is 0 Å². The fraction of sp³-hybridized carbons (Fsp3) is 0.571. The van der Waals surface area contributed by atoms with Crippen LogP contribution in [0, 0.1) is 0 Å². The number of rotatable bonds is 4. The number of hydrogen-bond donors (Lipinski definition) is 0. The molecule has 0 aliphatic carbocycles. The lowest BCUT2D eigenvalue weighted by molar-refractivity contribution is 0.0525. The van der Waals surface area contributed by atoms with Crippen LogP contribution in [0.4, 0.5) is 0 Å². The number of esters is 1. The van der Waals surface area contributed by atoms with Crippen LogP contribution in [0.5, 0.6) is 5.88 Å². The molecule has 5 heteroatoms. The molecule has 1 aliphatic rings. The average molecular weight is 264 g/mol. The third kappa shape index (κ3) is 3.92. The molecule has 1 aromatic heterocycles. The molecule has 0 bridgehead atoms. The van der Waals surface area contributed by atoms with Crippen molar-refractivity contribution in [1.82, 2.24) is 9.88 Å². The lowest BCUT2D eigenvalue weighted by Gasteiger charge is -2.28. The van der Waals surface area contributed by atoms with E-state index in [-0.39, 0.29) is 12.1 Å². The number of carbonyl (C=O) groups excluding carboxylic acids is 1. The largest absolute Gasteiger partial charge is 0.474 e. The van der Waals surface area contributed by atoms with Gasteiger partial charge in [-0.1, -0.05) is 0 Å². The van der Waals surface area contributed by atoms with Crippen LogP contribution in [0.1, 0.15) is 30.1 Å². The Balaban J connectivity index is 1.90. The lowest BCUT2D eigenvalue weighted by Crippen LogP contribution is -2.35. The van der Waals surface area contributed by atoms with Gasteiger partial charge in [0.2, 0.25) is 5.88 Å². The highest BCUT2D eigenvalue weighted by molar-refractivity contribution is 5.89. The minimum Gasteiger partial charge on any atom is -0.474 e. The van der Waals surface area contributed by atoms with Gasteiger partial charge in [-0.3, -0.25) is 0 Å². The Bertz CT molecular complexity index is 411. The first kappa shape index (κ1) is 13.8. The molecule has 0 atom stereocenters. The molecule has 0 N–H and O–H groups in total. The molecular weight excluding hydrogens is 244 g/mol. The zero-order valence-corrected chi connectivity index (χ0v) is 11.5. The number of piperidine rings is 1. The molecule has 0 saturated carbocycles. The number of likely N-dealkylation sites (tertiary alicyclic amines) is 1. The third-order valence-corrected chi connectivity index (χ3v) is 3.20. The lowest BCUT2D eigenvalue weighted by atomic mass is 10.1. The SMILES string of the molecule is CCOC(=O)c1ccc(OC2CCN(C)CC2)nc1. The minimum atomic E-state index is -0.346. The second kappa shape index (κ2) is 6.52. The Labute approximate surface area is 113 Å². The van der Waals surface area contributed by atoms with E-state index in [1.54, 1.807) is 19.1 Å². The van der Waals surface area contributed by atoms with E-state index in [1.807, 2.05) is 0 Å². The third-order valence-electron chi connectivity index (χ3n) is 3.20. The number of nitrogens with zero attached hydrogens (tertiary/aromatic N) is 2. The summed E-state index contributed by atoms with van der Waals surface area (Å²) >= 11 is 0. The summed E-state index contributed by atoms with van der Waals surface area (Å²) in [6.45, 7) is 4.24. The topological polar surface area (TPSA) is 51.7 Å². The van der Waals surface area contributed by atoms with Gasteiger partial charge in [-0.15, -0.1) is 0 Å². The number of ether oxygens (including phenoxy) is 2. The van der Waals surface area contributed by atoms with Gasteiger partial charge in [0.25, 0.3) is 0 Å². The van der Waals surface area contributed by atoms with E-state index in [2.05, 4.69) is 16.9 Å². The molecular formula is C14H20N2O3. The highest BCUT2D eigenvalue weighted by Gasteiger charge is 2.18. The first-order chi connectivity index (χ1) is 9.19. The van der Waals surface area contributed by atoms with E-state index in [0.29, 0.717) is 18.1 Å². The Morgan fingerprint density at radius 3 is 2.74 bits per heavy atom. The first-order valence-corrected chi connectivity index (χ1v) is 6.67. The predicted octanol–water partition coefficient (Wildman–Crippen LogP) is 1.73. The van der Waals surface area contributed by atoms with Crippen molar-refractivity contribution < 1.29 is 14.3 Å². The first-order valence-electron chi connectivity index (χ1n) is 6.67. The van der Waals surface area contributed by atoms with Gasteiger partial charge in [0.1, 0.15) is 6.10 Å². The Morgan fingerprint density at radius 2 is 2.16 bits per heavy atom. The average Bonchev–Trinajstić information content (AvgIpc) is 2.42. The highest BCUT2D eigenvalue weighted by atomic mass is 16.5. The fourth-order valence-corrected chi connectivity index (χ4v) is 2.06. The Hall–Kier alpha value is -1.62. The van der Waals surface area contributed by atoms with Crippen LogP contribution in [0.3, 0.4) is 0 Å². The summed E-state index contributed by atoms with van der Waals surface area (Å²) in [5.74, 6) is 0.225. The molecule has 2 heterocycles. The van der Waals surface area contributed by atoms with Crippen LogP contribution < -0.4 is 4.74 Å². The maximum Gasteiger partial charge on any atom is 0.339 e. The van der Waals surface area contributed by atoms with E-state index in [9.17, 15) is 4.79 Å². The summed E-state index contributed by atoms with van der Waals surface area (Å²) in [4.78, 5) is 17.9. The maximum atomic E-state index is 11.5. The Morgan fingerprint density at radius 1 is 1.42 bits per heavy atom. The van der Waals surface area contributed by atoms with Gasteiger partial charge in [-0.05, 0) is 32.9 Å². The summed E-state index contributed by atoms with van der Waals surface area (Å²) in [6, 6.07) is 3.42. The molecule has 1 aromatic rings. The molecule has 1 saturated heterocycles. The van der Waals surface area contributed by atoms with Gasteiger partial charge in [0.05, 0.1) is 12.2 Å². The summed E-state index contributed by atoms with van der Waals surface area (Å²) in [7, 11) is 2.11. The smallest absolute Gasteiger partial charge is 0.339 e. The zero-order valence-electron chi connectivity index (χ0n) is 11.5. The quantitative estimate of drug-likeness (QED) is 0.775. The van der Waals surface area contributed by atoms with Crippen molar-refractivity contribution in [2.75, 3.05) is 26.7 Å². The standard InChI is InChI=1S/C14H20N2O3/c1-3-18-14(17)11-4-5-13(15-10-11)19-12-6-8-16(2)9-7-12/h4-5,10,12H,3,6-9H2,1-2H3. The molecule has 104 valence electrons. The predicted molar refractivity (Wildman–Crippen MR) is 71.3 cm³/mol. The zero-order chi connectivity index (χ0) is 13.7. The molecule has 5 nitrogen and oxygen atoms in total. The highest BCUT2D eigenvalue weighted by Crippen LogP contribution is 2.16. The van der Waals surface area contributed by atoms with Crippen LogP contribution in [-0.2, 0) is 4.74 Å². The fourth-order valence-electron chi connectivity index (χ4n) is 2.06. The van der Waals surface area contributed by atoms with Crippen LogP contribution in [0.2, 0.25) is 0 Å². The van der Waals surface area contributed by atoms with Crippen LogP contribution in [-0.4, -0.2) is 48.7 Å². The molecule has 0 aromatic carbocycles. The van der Waals surface area contributed by atoms with Gasteiger partial charge < -0.3 is 14.4 Å². The normalized spacial score (nSPS) is 17.2. The second-order valence-electron chi connectivity index (χ2n) is 4.73. The van der Waals surface area contributed by atoms with Gasteiger partial charge >= 0.3 is 5.97 Å². The minimum absolute atomic E-state index is 0.220. The van der Waals surface area contributed by atoms with Crippen molar-refractivity contribution in [3.8, 4) is 5.88 Å². The van der Waals surface area contributed by atoms with E-state index < -0.39 is 0 Å². The van der Waals surface area contributed by atoms with Crippen molar-refractivity contribution in [3.05, 3.63) is 23.9 Å². The van der Waals surface area contributed by atoms with E-state index in [4.69, 9.17) is 9.47 Å². The van der Waals surface area contributed by atoms with E-state index >= 15 is 0 Å². The molecule has 0 unspecified atom stereocenters. The molecule has 2 rings (SSSR count). The summed E-state index contributed by atoms with van der Waals surface area (Å²) in [6.07, 6.45) is 3.75. The van der Waals surface area contributed by atoms with Gasteiger partial charge in [0, 0.05) is 25.4 Å². The van der Waals surface area contributed by atoms with Crippen LogP contribution in [0.15, 0.2) is 18.3 Å². The van der Waals surface area contributed by atoms with Crippen molar-refractivity contribution in [2.24, 2.45) is 0 Å². The van der Waals surface area contributed by atoms with Crippen molar-refractivity contribution in [1.29, 1.82) is 0 Å². The molecule has 1 aliphatic heterocycles. The molecule has 0 amide bonds. The number of hydrogen-bond acceptors (Lipinski definition) is 5. The van der Waals surface area contributed by atoms with E-state index in [1.165, 1.54) is 6.20 Å². The maximum absolute atomic E-state index is 11.5. The van der Waals surface area contributed by atoms with Crippen LogP contribution in [0.25, 0.3) is 0 Å². The monoisotopic (exact) mass is 264 g/mol. The second-order valence-corrected chi connectivity index (χ2v) is 4.73. The molecule has 1 fully saturated rings. The molecule has 0 radical (unpaired) electrons. The van der Waals surface area contributed by atoms with Gasteiger partial charge in [0.15, 0.2) is 0 Å². The van der Waals surface area contributed by atoms with Crippen molar-refractivity contribution in [3.63, 3.8) is 0 Å². The summed E-state index contributed by atoms with van der Waals surface area (Å²) in [5.41, 5.74) is 0.456. The summed E-state index contributed by atoms with van der Waals surface area (Å²) in [5, 5.41) is 0.